The molecule has 4 heteroatoms. The van der Waals surface area contributed by atoms with Crippen molar-refractivity contribution in [3.8, 4) is 0 Å². The summed E-state index contributed by atoms with van der Waals surface area (Å²) in [6, 6.07) is -0.661. The molecule has 0 radical (unpaired) electrons. The summed E-state index contributed by atoms with van der Waals surface area (Å²) >= 11 is 0. The van der Waals surface area contributed by atoms with Gasteiger partial charge in [-0.25, -0.2) is 0 Å². The molecule has 0 aromatic heterocycles. The van der Waals surface area contributed by atoms with Crippen molar-refractivity contribution in [3.05, 3.63) is 146 Å². The fourth-order valence-corrected chi connectivity index (χ4v) is 5.80. The van der Waals surface area contributed by atoms with Gasteiger partial charge in [-0.05, 0) is 109 Å². The van der Waals surface area contributed by atoms with E-state index in [0.717, 1.165) is 116 Å². The van der Waals surface area contributed by atoms with Crippen LogP contribution in [0.3, 0.4) is 0 Å². The van der Waals surface area contributed by atoms with Crippen molar-refractivity contribution in [1.29, 1.82) is 0 Å². The molecular weight excluding hydrogens is 711 g/mol. The van der Waals surface area contributed by atoms with Crippen molar-refractivity contribution >= 4 is 5.91 Å². The van der Waals surface area contributed by atoms with E-state index in [1.807, 2.05) is 6.08 Å². The van der Waals surface area contributed by atoms with Gasteiger partial charge in [0.15, 0.2) is 0 Å². The van der Waals surface area contributed by atoms with Crippen molar-refractivity contribution in [2.75, 3.05) is 6.61 Å². The molecule has 0 aromatic rings. The predicted octanol–water partition coefficient (Wildman–Crippen LogP) is 14.9. The zero-order chi connectivity index (χ0) is 42.1. The fourth-order valence-electron chi connectivity index (χ4n) is 5.80. The van der Waals surface area contributed by atoms with Crippen LogP contribution in [0.25, 0.3) is 0 Å². The molecule has 0 aliphatic carbocycles. The van der Waals surface area contributed by atoms with Gasteiger partial charge in [0.1, 0.15) is 0 Å². The van der Waals surface area contributed by atoms with Gasteiger partial charge in [0.25, 0.3) is 0 Å². The molecule has 2 atom stereocenters. The van der Waals surface area contributed by atoms with Crippen LogP contribution in [0, 0.1) is 0 Å². The molecule has 324 valence electrons. The van der Waals surface area contributed by atoms with Crippen molar-refractivity contribution in [3.63, 3.8) is 0 Å². The lowest BCUT2D eigenvalue weighted by Gasteiger charge is -2.19. The molecule has 0 spiro atoms. The second-order valence-electron chi connectivity index (χ2n) is 14.7. The highest BCUT2D eigenvalue weighted by Crippen LogP contribution is 2.11. The van der Waals surface area contributed by atoms with Crippen LogP contribution in [0.5, 0.6) is 0 Å². The third kappa shape index (κ3) is 43.4. The highest BCUT2D eigenvalue weighted by Gasteiger charge is 2.17. The summed E-state index contributed by atoms with van der Waals surface area (Å²) < 4.78 is 0. The Bertz CT molecular complexity index is 1270. The summed E-state index contributed by atoms with van der Waals surface area (Å²) in [6.07, 6.45) is 76.8. The van der Waals surface area contributed by atoms with E-state index in [1.165, 1.54) is 32.1 Å². The molecule has 0 aliphatic rings. The number of aliphatic hydroxyl groups excluding tert-OH is 2. The topological polar surface area (TPSA) is 69.6 Å². The predicted molar refractivity (Wildman–Crippen MR) is 257 cm³/mol. The summed E-state index contributed by atoms with van der Waals surface area (Å²) in [5.41, 5.74) is 0. The van der Waals surface area contributed by atoms with E-state index < -0.39 is 12.1 Å². The van der Waals surface area contributed by atoms with Gasteiger partial charge in [-0.2, -0.15) is 0 Å². The van der Waals surface area contributed by atoms with E-state index in [9.17, 15) is 15.0 Å². The van der Waals surface area contributed by atoms with E-state index in [4.69, 9.17) is 0 Å². The molecule has 3 N–H and O–H groups in total. The van der Waals surface area contributed by atoms with Gasteiger partial charge in [-0.3, -0.25) is 4.79 Å². The second kappa shape index (κ2) is 47.6. The average molecular weight is 796 g/mol. The minimum atomic E-state index is -0.883. The van der Waals surface area contributed by atoms with Crippen molar-refractivity contribution in [2.45, 2.75) is 180 Å². The smallest absolute Gasteiger partial charge is 0.220 e. The standard InChI is InChI=1S/C54H85NO3/c1-3-5-7-9-11-13-15-16-17-18-19-20-21-22-23-24-25-26-27-28-29-30-31-32-33-34-35-36-37-38-40-42-44-46-48-50-54(58)55-52(51-56)53(57)49-47-45-43-41-39-14-12-10-8-6-4-2/h5,7-8,10-11,13,16-17,19-20,22-23,25-26,28-29,31-32,34-35,39,41,47,49,52-53,56-57H,3-4,6,9,12,14-15,18,21,24,27,30,33,36-38,40,42-46,48,50-51H2,1-2H3,(H,55,58)/b7-5-,10-8+,13-11-,17-16-,20-19-,23-22-,26-25-,29-28-,32-31-,35-34-,41-39+,49-47+. The van der Waals surface area contributed by atoms with Crippen LogP contribution in [-0.4, -0.2) is 34.9 Å². The summed E-state index contributed by atoms with van der Waals surface area (Å²) in [5, 5.41) is 22.9. The van der Waals surface area contributed by atoms with Gasteiger partial charge in [0.2, 0.25) is 5.91 Å². The van der Waals surface area contributed by atoms with Crippen LogP contribution in [-0.2, 0) is 4.79 Å². The molecule has 4 nitrogen and oxygen atoms in total. The minimum Gasteiger partial charge on any atom is -0.394 e. The third-order valence-electron chi connectivity index (χ3n) is 9.26. The van der Waals surface area contributed by atoms with E-state index in [-0.39, 0.29) is 12.5 Å². The maximum Gasteiger partial charge on any atom is 0.220 e. The molecule has 2 unspecified atom stereocenters. The monoisotopic (exact) mass is 796 g/mol. The van der Waals surface area contributed by atoms with Gasteiger partial charge in [-0.1, -0.05) is 198 Å². The fraction of sp³-hybridized carbons (Fsp3) is 0.537. The molecule has 1 amide bonds. The Morgan fingerprint density at radius 3 is 1.19 bits per heavy atom. The van der Waals surface area contributed by atoms with Crippen LogP contribution < -0.4 is 5.32 Å². The number of unbranched alkanes of at least 4 members (excludes halogenated alkanes) is 10. The lowest BCUT2D eigenvalue weighted by atomic mass is 10.1. The number of amides is 1. The van der Waals surface area contributed by atoms with Gasteiger partial charge in [-0.15, -0.1) is 0 Å². The summed E-state index contributed by atoms with van der Waals surface area (Å²) in [6.45, 7) is 4.07. The lowest BCUT2D eigenvalue weighted by Crippen LogP contribution is -2.45. The Kier molecular flexibility index (Phi) is 44.6. The Morgan fingerprint density at radius 2 is 0.776 bits per heavy atom. The molecule has 0 heterocycles. The number of nitrogens with one attached hydrogen (secondary N) is 1. The van der Waals surface area contributed by atoms with Crippen LogP contribution >= 0.6 is 0 Å². The minimum absolute atomic E-state index is 0.0997. The van der Waals surface area contributed by atoms with Crippen LogP contribution in [0.4, 0.5) is 0 Å². The lowest BCUT2D eigenvalue weighted by molar-refractivity contribution is -0.123. The Hall–Kier alpha value is -3.73. The molecule has 0 aromatic carbocycles. The number of hydrogen-bond donors (Lipinski definition) is 3. The number of hydrogen-bond acceptors (Lipinski definition) is 3. The van der Waals surface area contributed by atoms with Gasteiger partial charge >= 0.3 is 0 Å². The highest BCUT2D eigenvalue weighted by molar-refractivity contribution is 5.76. The van der Waals surface area contributed by atoms with Gasteiger partial charge < -0.3 is 15.5 Å². The molecular formula is C54H85NO3. The van der Waals surface area contributed by atoms with Crippen LogP contribution in [0.15, 0.2) is 146 Å². The SMILES string of the molecule is CC/C=C\C/C=C\C/C=C\C/C=C\C/C=C\C/C=C\C/C=C\C/C=C\C/C=C\CCCCCCCCCC(=O)NC(CO)C(O)/C=C/CC/C=C/CC/C=C/CCC. The van der Waals surface area contributed by atoms with Gasteiger partial charge in [0, 0.05) is 6.42 Å². The first-order chi connectivity index (χ1) is 28.7. The van der Waals surface area contributed by atoms with E-state index in [0.29, 0.717) is 6.42 Å². The Labute approximate surface area is 357 Å². The summed E-state index contributed by atoms with van der Waals surface area (Å²) in [4.78, 5) is 12.4. The number of rotatable bonds is 39. The number of carbonyl (C=O) groups is 1. The van der Waals surface area contributed by atoms with Crippen molar-refractivity contribution in [1.82, 2.24) is 5.32 Å². The molecule has 0 bridgehead atoms. The first-order valence-electron chi connectivity index (χ1n) is 23.0. The van der Waals surface area contributed by atoms with Crippen LogP contribution in [0.2, 0.25) is 0 Å². The van der Waals surface area contributed by atoms with E-state index in [2.05, 4.69) is 153 Å². The molecule has 0 aliphatic heterocycles. The largest absolute Gasteiger partial charge is 0.394 e. The summed E-state index contributed by atoms with van der Waals surface area (Å²) in [5.74, 6) is -0.0997. The summed E-state index contributed by atoms with van der Waals surface area (Å²) in [7, 11) is 0. The normalized spacial score (nSPS) is 14.3. The van der Waals surface area contributed by atoms with E-state index in [1.54, 1.807) is 6.08 Å². The number of allylic oxidation sites excluding steroid dienone is 23. The average Bonchev–Trinajstić information content (AvgIpc) is 3.23. The molecule has 0 fully saturated rings. The molecule has 58 heavy (non-hydrogen) atoms. The van der Waals surface area contributed by atoms with Gasteiger partial charge in [0.05, 0.1) is 18.8 Å². The molecule has 0 saturated carbocycles. The molecule has 0 rings (SSSR count). The first kappa shape index (κ1) is 54.3. The Morgan fingerprint density at radius 1 is 0.431 bits per heavy atom. The molecule has 0 saturated heterocycles. The first-order valence-corrected chi connectivity index (χ1v) is 23.0. The third-order valence-corrected chi connectivity index (χ3v) is 9.26. The van der Waals surface area contributed by atoms with Crippen molar-refractivity contribution in [2.24, 2.45) is 0 Å². The van der Waals surface area contributed by atoms with Crippen molar-refractivity contribution < 1.29 is 15.0 Å². The number of aliphatic hydroxyl groups is 2. The highest BCUT2D eigenvalue weighted by atomic mass is 16.3. The Balaban J connectivity index is 3.70. The maximum atomic E-state index is 12.4. The number of carbonyl (C=O) groups excluding carboxylic acids is 1. The maximum absolute atomic E-state index is 12.4. The zero-order valence-corrected chi connectivity index (χ0v) is 37.0. The quantitative estimate of drug-likeness (QED) is 0.0429. The zero-order valence-electron chi connectivity index (χ0n) is 37.0. The second-order valence-corrected chi connectivity index (χ2v) is 14.7. The van der Waals surface area contributed by atoms with E-state index >= 15 is 0 Å². The van der Waals surface area contributed by atoms with Crippen LogP contribution in [0.1, 0.15) is 168 Å².